The van der Waals surface area contributed by atoms with Gasteiger partial charge in [0.05, 0.1) is 0 Å². The molecule has 20 heavy (non-hydrogen) atoms. The van der Waals surface area contributed by atoms with E-state index in [9.17, 15) is 4.79 Å². The highest BCUT2D eigenvalue weighted by molar-refractivity contribution is 5.79. The Morgan fingerprint density at radius 1 is 1.05 bits per heavy atom. The Kier molecular flexibility index (Phi) is 4.07. The van der Waals surface area contributed by atoms with Gasteiger partial charge in [-0.05, 0) is 62.2 Å². The van der Waals surface area contributed by atoms with Gasteiger partial charge in [0.15, 0.2) is 0 Å². The van der Waals surface area contributed by atoms with E-state index in [0.29, 0.717) is 29.7 Å². The highest BCUT2D eigenvalue weighted by Crippen LogP contribution is 2.39. The molecule has 3 heteroatoms. The number of fused-ring (bicyclic) bond motifs is 1. The van der Waals surface area contributed by atoms with Crippen LogP contribution in [0.2, 0.25) is 0 Å². The number of nitrogens with two attached hydrogens (primary N) is 1. The lowest BCUT2D eigenvalue weighted by Gasteiger charge is -2.32. The van der Waals surface area contributed by atoms with E-state index < -0.39 is 0 Å². The molecule has 1 amide bonds. The third kappa shape index (κ3) is 2.61. The number of nitrogens with zero attached hydrogens (tertiary/aromatic N) is 1. The molecule has 114 valence electrons. The highest BCUT2D eigenvalue weighted by Gasteiger charge is 2.43. The van der Waals surface area contributed by atoms with Crippen molar-refractivity contribution in [3.05, 3.63) is 0 Å². The van der Waals surface area contributed by atoms with Crippen LogP contribution in [-0.4, -0.2) is 29.9 Å². The zero-order valence-corrected chi connectivity index (χ0v) is 13.1. The first-order chi connectivity index (χ1) is 9.56. The van der Waals surface area contributed by atoms with Crippen LogP contribution in [0.3, 0.4) is 0 Å². The van der Waals surface area contributed by atoms with Crippen molar-refractivity contribution in [3.63, 3.8) is 0 Å². The number of hydrogen-bond donors (Lipinski definition) is 1. The van der Waals surface area contributed by atoms with Crippen molar-refractivity contribution in [2.24, 2.45) is 35.3 Å². The van der Waals surface area contributed by atoms with E-state index in [2.05, 4.69) is 18.7 Å². The van der Waals surface area contributed by atoms with Crippen LogP contribution in [0.15, 0.2) is 0 Å². The largest absolute Gasteiger partial charge is 0.342 e. The third-order valence-corrected chi connectivity index (χ3v) is 6.29. The number of rotatable bonds is 2. The summed E-state index contributed by atoms with van der Waals surface area (Å²) in [5.74, 6) is 3.64. The first-order valence-electron chi connectivity index (χ1n) is 8.60. The van der Waals surface area contributed by atoms with Gasteiger partial charge in [-0.25, -0.2) is 0 Å². The maximum atomic E-state index is 12.7. The second-order valence-corrected chi connectivity index (χ2v) is 7.76. The fraction of sp³-hybridized carbons (Fsp3) is 0.941. The predicted octanol–water partition coefficient (Wildman–Crippen LogP) is 2.64. The molecule has 2 N–H and O–H groups in total. The Balaban J connectivity index is 1.53. The summed E-state index contributed by atoms with van der Waals surface area (Å²) in [5, 5.41) is 0. The van der Waals surface area contributed by atoms with Crippen molar-refractivity contribution in [2.75, 3.05) is 13.1 Å². The molecule has 2 aliphatic carbocycles. The van der Waals surface area contributed by atoms with E-state index in [4.69, 9.17) is 5.73 Å². The van der Waals surface area contributed by atoms with Crippen LogP contribution < -0.4 is 5.73 Å². The van der Waals surface area contributed by atoms with Gasteiger partial charge in [0.2, 0.25) is 5.91 Å². The summed E-state index contributed by atoms with van der Waals surface area (Å²) in [5.41, 5.74) is 6.17. The Bertz CT molecular complexity index is 360. The second-order valence-electron chi connectivity index (χ2n) is 7.76. The van der Waals surface area contributed by atoms with E-state index in [-0.39, 0.29) is 0 Å². The SMILES string of the molecule is CC(C)C1CCC(C(=O)N2CC3CCC(N)C3C2)CC1. The van der Waals surface area contributed by atoms with E-state index >= 15 is 0 Å². The van der Waals surface area contributed by atoms with Crippen molar-refractivity contribution < 1.29 is 4.79 Å². The minimum atomic E-state index is 0.306. The first kappa shape index (κ1) is 14.4. The van der Waals surface area contributed by atoms with Gasteiger partial charge in [-0.3, -0.25) is 4.79 Å². The van der Waals surface area contributed by atoms with Gasteiger partial charge >= 0.3 is 0 Å². The van der Waals surface area contributed by atoms with Gasteiger partial charge in [-0.1, -0.05) is 13.8 Å². The number of likely N-dealkylation sites (tertiary alicyclic amines) is 1. The molecule has 0 aromatic rings. The summed E-state index contributed by atoms with van der Waals surface area (Å²) >= 11 is 0. The van der Waals surface area contributed by atoms with Crippen molar-refractivity contribution in [1.29, 1.82) is 0 Å². The number of carbonyl (C=O) groups is 1. The minimum absolute atomic E-state index is 0.306. The van der Waals surface area contributed by atoms with Crippen LogP contribution in [0.25, 0.3) is 0 Å². The van der Waals surface area contributed by atoms with Gasteiger partial charge < -0.3 is 10.6 Å². The van der Waals surface area contributed by atoms with E-state index in [1.54, 1.807) is 0 Å². The normalized spacial score (nSPS) is 41.2. The monoisotopic (exact) mass is 278 g/mol. The molecule has 3 fully saturated rings. The molecule has 2 saturated carbocycles. The molecule has 0 aromatic carbocycles. The van der Waals surface area contributed by atoms with Crippen molar-refractivity contribution in [3.8, 4) is 0 Å². The maximum absolute atomic E-state index is 12.7. The summed E-state index contributed by atoms with van der Waals surface area (Å²) in [6, 6.07) is 0.342. The zero-order valence-electron chi connectivity index (χ0n) is 13.1. The topological polar surface area (TPSA) is 46.3 Å². The maximum Gasteiger partial charge on any atom is 0.225 e. The third-order valence-electron chi connectivity index (χ3n) is 6.29. The summed E-state index contributed by atoms with van der Waals surface area (Å²) in [7, 11) is 0. The molecule has 0 radical (unpaired) electrons. The molecule has 0 aromatic heterocycles. The molecule has 1 heterocycles. The average molecular weight is 278 g/mol. The lowest BCUT2D eigenvalue weighted by molar-refractivity contribution is -0.136. The first-order valence-corrected chi connectivity index (χ1v) is 8.60. The molecule has 3 atom stereocenters. The van der Waals surface area contributed by atoms with Gasteiger partial charge in [0.1, 0.15) is 0 Å². The lowest BCUT2D eigenvalue weighted by atomic mass is 9.76. The standard InChI is InChI=1S/C17H30N2O/c1-11(2)12-3-5-13(6-4-12)17(20)19-9-14-7-8-16(18)15(14)10-19/h11-16H,3-10,18H2,1-2H3. The number of amides is 1. The summed E-state index contributed by atoms with van der Waals surface area (Å²) < 4.78 is 0. The molecule has 3 nitrogen and oxygen atoms in total. The average Bonchev–Trinajstić information content (AvgIpc) is 3.01. The van der Waals surface area contributed by atoms with Crippen LogP contribution >= 0.6 is 0 Å². The molecule has 0 spiro atoms. The second kappa shape index (κ2) is 5.67. The molecule has 3 aliphatic rings. The smallest absolute Gasteiger partial charge is 0.225 e. The minimum Gasteiger partial charge on any atom is -0.342 e. The highest BCUT2D eigenvalue weighted by atomic mass is 16.2. The van der Waals surface area contributed by atoms with E-state index in [1.807, 2.05) is 0 Å². The van der Waals surface area contributed by atoms with Crippen molar-refractivity contribution >= 4 is 5.91 Å². The Morgan fingerprint density at radius 2 is 1.75 bits per heavy atom. The molecule has 3 rings (SSSR count). The van der Waals surface area contributed by atoms with Crippen molar-refractivity contribution in [2.45, 2.75) is 58.4 Å². The van der Waals surface area contributed by atoms with Gasteiger partial charge in [0, 0.05) is 25.0 Å². The molecular formula is C17H30N2O. The van der Waals surface area contributed by atoms with Gasteiger partial charge in [-0.2, -0.15) is 0 Å². The fourth-order valence-corrected chi connectivity index (χ4v) is 4.78. The molecule has 3 unspecified atom stereocenters. The Morgan fingerprint density at radius 3 is 2.35 bits per heavy atom. The fourth-order valence-electron chi connectivity index (χ4n) is 4.78. The van der Waals surface area contributed by atoms with Crippen molar-refractivity contribution in [1.82, 2.24) is 4.90 Å². The van der Waals surface area contributed by atoms with Crippen LogP contribution in [0.5, 0.6) is 0 Å². The van der Waals surface area contributed by atoms with Gasteiger partial charge in [-0.15, -0.1) is 0 Å². The summed E-state index contributed by atoms with van der Waals surface area (Å²) in [4.78, 5) is 14.8. The van der Waals surface area contributed by atoms with Crippen LogP contribution in [0.1, 0.15) is 52.4 Å². The molecule has 1 aliphatic heterocycles. The van der Waals surface area contributed by atoms with Crippen LogP contribution in [0.4, 0.5) is 0 Å². The van der Waals surface area contributed by atoms with E-state index in [0.717, 1.165) is 44.2 Å². The van der Waals surface area contributed by atoms with E-state index in [1.165, 1.54) is 19.3 Å². The lowest BCUT2D eigenvalue weighted by Crippen LogP contribution is -2.38. The van der Waals surface area contributed by atoms with Crippen LogP contribution in [-0.2, 0) is 4.79 Å². The molecule has 0 bridgehead atoms. The zero-order chi connectivity index (χ0) is 14.3. The molecule has 1 saturated heterocycles. The predicted molar refractivity (Wildman–Crippen MR) is 81.1 cm³/mol. The Hall–Kier alpha value is -0.570. The number of hydrogen-bond acceptors (Lipinski definition) is 2. The Labute approximate surface area is 123 Å². The molecular weight excluding hydrogens is 248 g/mol. The summed E-state index contributed by atoms with van der Waals surface area (Å²) in [6.07, 6.45) is 7.11. The van der Waals surface area contributed by atoms with Crippen LogP contribution in [0, 0.1) is 29.6 Å². The summed E-state index contributed by atoms with van der Waals surface area (Å²) in [6.45, 7) is 6.56. The number of carbonyl (C=O) groups excluding carboxylic acids is 1. The van der Waals surface area contributed by atoms with Gasteiger partial charge in [0.25, 0.3) is 0 Å². The quantitative estimate of drug-likeness (QED) is 0.844.